The number of thioether (sulfide) groups is 1. The van der Waals surface area contributed by atoms with Gasteiger partial charge in [0, 0.05) is 16.3 Å². The van der Waals surface area contributed by atoms with Crippen LogP contribution in [0, 0.1) is 20.8 Å². The third-order valence-corrected chi connectivity index (χ3v) is 4.98. The minimum absolute atomic E-state index is 0.235. The quantitative estimate of drug-likeness (QED) is 0.569. The van der Waals surface area contributed by atoms with Crippen LogP contribution in [0.3, 0.4) is 0 Å². The number of esters is 1. The minimum atomic E-state index is -0.540. The number of hydrogen-bond acceptors (Lipinski definition) is 6. The van der Waals surface area contributed by atoms with Crippen molar-refractivity contribution in [2.24, 2.45) is 0 Å². The van der Waals surface area contributed by atoms with Crippen molar-refractivity contribution in [3.8, 4) is 0 Å². The van der Waals surface area contributed by atoms with Crippen LogP contribution in [-0.2, 0) is 9.53 Å². The molecule has 0 aliphatic carbocycles. The topological polar surface area (TPSA) is 65.2 Å². The average Bonchev–Trinajstić information content (AvgIpc) is 2.88. The van der Waals surface area contributed by atoms with Gasteiger partial charge in [0.1, 0.15) is 0 Å². The van der Waals surface area contributed by atoms with E-state index < -0.39 is 6.10 Å². The van der Waals surface area contributed by atoms with Gasteiger partial charge in [-0.1, -0.05) is 15.9 Å². The Morgan fingerprint density at radius 3 is 2.68 bits per heavy atom. The van der Waals surface area contributed by atoms with Crippen molar-refractivity contribution in [3.63, 3.8) is 0 Å². The fraction of sp³-hybridized carbons (Fsp3) is 0.400. The molecule has 2 aromatic rings. The number of hydrogen-bond donors (Lipinski definition) is 0. The highest BCUT2D eigenvalue weighted by atomic mass is 79.9. The van der Waals surface area contributed by atoms with Crippen molar-refractivity contribution in [2.45, 2.75) is 38.7 Å². The van der Waals surface area contributed by atoms with Gasteiger partial charge in [0.2, 0.25) is 5.89 Å². The molecular weight excluding hydrogens is 368 g/mol. The van der Waals surface area contributed by atoms with E-state index >= 15 is 0 Å². The normalized spacial score (nSPS) is 12.2. The molecule has 118 valence electrons. The van der Waals surface area contributed by atoms with Gasteiger partial charge in [-0.2, -0.15) is 0 Å². The summed E-state index contributed by atoms with van der Waals surface area (Å²) in [5.74, 6) is 0.687. The second kappa shape index (κ2) is 7.28. The largest absolute Gasteiger partial charge is 0.452 e. The predicted octanol–water partition coefficient (Wildman–Crippen LogP) is 4.15. The minimum Gasteiger partial charge on any atom is -0.452 e. The van der Waals surface area contributed by atoms with E-state index in [1.165, 1.54) is 11.8 Å². The molecule has 5 nitrogen and oxygen atoms in total. The molecule has 1 aromatic heterocycles. The highest BCUT2D eigenvalue weighted by Crippen LogP contribution is 2.28. The molecule has 2 rings (SSSR count). The van der Waals surface area contributed by atoms with Crippen molar-refractivity contribution in [2.75, 3.05) is 5.75 Å². The number of rotatable bonds is 5. The molecule has 22 heavy (non-hydrogen) atoms. The molecule has 0 aliphatic rings. The Kier molecular flexibility index (Phi) is 5.63. The second-order valence-electron chi connectivity index (χ2n) is 4.95. The molecule has 0 bridgehead atoms. The van der Waals surface area contributed by atoms with E-state index in [9.17, 15) is 4.79 Å². The van der Waals surface area contributed by atoms with Crippen molar-refractivity contribution >= 4 is 33.7 Å². The predicted molar refractivity (Wildman–Crippen MR) is 87.9 cm³/mol. The van der Waals surface area contributed by atoms with Crippen LogP contribution in [0.4, 0.5) is 0 Å². The first-order valence-electron chi connectivity index (χ1n) is 6.76. The van der Waals surface area contributed by atoms with Gasteiger partial charge in [0.05, 0.1) is 5.75 Å². The number of aromatic nitrogens is 2. The molecule has 0 saturated carbocycles. The van der Waals surface area contributed by atoms with Crippen LogP contribution >= 0.6 is 27.7 Å². The molecule has 0 N–H and O–H groups in total. The standard InChI is InChI=1S/C15H17BrN2O3S/c1-8-6-13(9(2)5-12(8)16)22-7-14(19)20-10(3)15-18-17-11(4)21-15/h5-6,10H,7H2,1-4H3. The molecule has 0 radical (unpaired) electrons. The summed E-state index contributed by atoms with van der Waals surface area (Å²) in [5, 5.41) is 7.57. The van der Waals surface area contributed by atoms with E-state index in [-0.39, 0.29) is 11.7 Å². The lowest BCUT2D eigenvalue weighted by atomic mass is 10.2. The zero-order valence-corrected chi connectivity index (χ0v) is 15.2. The number of aryl methyl sites for hydroxylation is 3. The van der Waals surface area contributed by atoms with E-state index in [0.29, 0.717) is 11.8 Å². The number of ether oxygens (including phenoxy) is 1. The van der Waals surface area contributed by atoms with Gasteiger partial charge in [-0.15, -0.1) is 22.0 Å². The van der Waals surface area contributed by atoms with E-state index in [2.05, 4.69) is 32.2 Å². The molecule has 0 aliphatic heterocycles. The summed E-state index contributed by atoms with van der Waals surface area (Å²) in [6.45, 7) is 7.44. The molecule has 0 amide bonds. The number of carbonyl (C=O) groups excluding carboxylic acids is 1. The van der Waals surface area contributed by atoms with Crippen LogP contribution in [0.1, 0.15) is 35.9 Å². The third kappa shape index (κ3) is 4.33. The lowest BCUT2D eigenvalue weighted by Crippen LogP contribution is -2.11. The maximum Gasteiger partial charge on any atom is 0.317 e. The highest BCUT2D eigenvalue weighted by molar-refractivity contribution is 9.10. The lowest BCUT2D eigenvalue weighted by Gasteiger charge is -2.11. The van der Waals surface area contributed by atoms with E-state index in [1.54, 1.807) is 13.8 Å². The first-order valence-corrected chi connectivity index (χ1v) is 8.53. The molecule has 1 unspecified atom stereocenters. The Balaban J connectivity index is 1.92. The van der Waals surface area contributed by atoms with Crippen LogP contribution in [0.25, 0.3) is 0 Å². The summed E-state index contributed by atoms with van der Waals surface area (Å²) >= 11 is 4.96. The summed E-state index contributed by atoms with van der Waals surface area (Å²) in [7, 11) is 0. The molecular formula is C15H17BrN2O3S. The van der Waals surface area contributed by atoms with Crippen molar-refractivity contribution in [1.29, 1.82) is 0 Å². The molecule has 0 saturated heterocycles. The number of benzene rings is 1. The first-order chi connectivity index (χ1) is 10.4. The number of halogens is 1. The second-order valence-corrected chi connectivity index (χ2v) is 6.82. The van der Waals surface area contributed by atoms with Crippen LogP contribution in [-0.4, -0.2) is 21.9 Å². The zero-order valence-electron chi connectivity index (χ0n) is 12.8. The van der Waals surface area contributed by atoms with Gasteiger partial charge in [-0.05, 0) is 44.0 Å². The Labute approximate surface area is 142 Å². The number of nitrogens with zero attached hydrogens (tertiary/aromatic N) is 2. The molecule has 1 heterocycles. The zero-order chi connectivity index (χ0) is 16.3. The molecule has 0 fully saturated rings. The van der Waals surface area contributed by atoms with Gasteiger partial charge in [0.25, 0.3) is 5.89 Å². The van der Waals surface area contributed by atoms with Crippen molar-refractivity contribution in [3.05, 3.63) is 39.5 Å². The van der Waals surface area contributed by atoms with Crippen LogP contribution < -0.4 is 0 Å². The molecule has 7 heteroatoms. The van der Waals surface area contributed by atoms with E-state index in [1.807, 2.05) is 19.9 Å². The fourth-order valence-corrected chi connectivity index (χ4v) is 3.15. The van der Waals surface area contributed by atoms with Crippen molar-refractivity contribution in [1.82, 2.24) is 10.2 Å². The molecule has 0 spiro atoms. The van der Waals surface area contributed by atoms with Gasteiger partial charge in [-0.25, -0.2) is 0 Å². The smallest absolute Gasteiger partial charge is 0.317 e. The summed E-state index contributed by atoms with van der Waals surface area (Å²) in [6.07, 6.45) is -0.540. The first kappa shape index (κ1) is 17.0. The lowest BCUT2D eigenvalue weighted by molar-refractivity contribution is -0.146. The fourth-order valence-electron chi connectivity index (χ4n) is 1.80. The average molecular weight is 385 g/mol. The Hall–Kier alpha value is -1.34. The molecule has 1 atom stereocenters. The summed E-state index contributed by atoms with van der Waals surface area (Å²) < 4.78 is 11.6. The van der Waals surface area contributed by atoms with Crippen LogP contribution in [0.5, 0.6) is 0 Å². The summed E-state index contributed by atoms with van der Waals surface area (Å²) in [6, 6.07) is 4.11. The Morgan fingerprint density at radius 2 is 2.05 bits per heavy atom. The maximum atomic E-state index is 11.9. The van der Waals surface area contributed by atoms with Gasteiger partial charge in [0.15, 0.2) is 6.10 Å². The maximum absolute atomic E-state index is 11.9. The Morgan fingerprint density at radius 1 is 1.32 bits per heavy atom. The van der Waals surface area contributed by atoms with Gasteiger partial charge < -0.3 is 9.15 Å². The van der Waals surface area contributed by atoms with Crippen molar-refractivity contribution < 1.29 is 13.9 Å². The van der Waals surface area contributed by atoms with Gasteiger partial charge >= 0.3 is 5.97 Å². The third-order valence-electron chi connectivity index (χ3n) is 3.00. The number of carbonyl (C=O) groups is 1. The SMILES string of the molecule is Cc1nnc(C(C)OC(=O)CSc2cc(C)c(Br)cc2C)o1. The highest BCUT2D eigenvalue weighted by Gasteiger charge is 2.17. The summed E-state index contributed by atoms with van der Waals surface area (Å²) in [5.41, 5.74) is 2.26. The van der Waals surface area contributed by atoms with Crippen LogP contribution in [0.15, 0.2) is 25.9 Å². The Bertz CT molecular complexity index is 687. The van der Waals surface area contributed by atoms with Gasteiger partial charge in [-0.3, -0.25) is 4.79 Å². The monoisotopic (exact) mass is 384 g/mol. The summed E-state index contributed by atoms with van der Waals surface area (Å²) in [4.78, 5) is 13.0. The van der Waals surface area contributed by atoms with Crippen LogP contribution in [0.2, 0.25) is 0 Å². The van der Waals surface area contributed by atoms with E-state index in [4.69, 9.17) is 9.15 Å². The van der Waals surface area contributed by atoms with E-state index in [0.717, 1.165) is 20.5 Å². The molecule has 1 aromatic carbocycles.